The molecule has 2 aromatic carbocycles. The Bertz CT molecular complexity index is 1390. The first-order chi connectivity index (χ1) is 16.7. The van der Waals surface area contributed by atoms with E-state index in [0.717, 1.165) is 15.7 Å². The lowest BCUT2D eigenvalue weighted by molar-refractivity contribution is -0.128. The van der Waals surface area contributed by atoms with Gasteiger partial charge in [-0.15, -0.1) is 0 Å². The minimum absolute atomic E-state index is 0.0403. The molecule has 1 aromatic heterocycles. The summed E-state index contributed by atoms with van der Waals surface area (Å²) in [5.74, 6) is -0.834. The summed E-state index contributed by atoms with van der Waals surface area (Å²) >= 11 is 3.54. The monoisotopic (exact) mass is 529 g/mol. The van der Waals surface area contributed by atoms with Crippen LogP contribution in [0.4, 0.5) is 5.69 Å². The second kappa shape index (κ2) is 7.37. The Balaban J connectivity index is 1.69. The maximum Gasteiger partial charge on any atom is 0.180 e. The third-order valence-electron chi connectivity index (χ3n) is 7.62. The molecule has 0 unspecified atom stereocenters. The van der Waals surface area contributed by atoms with Crippen molar-refractivity contribution in [3.05, 3.63) is 93.9 Å². The molecule has 35 heavy (non-hydrogen) atoms. The number of anilines is 1. The molecule has 3 aliphatic rings. The van der Waals surface area contributed by atoms with Crippen LogP contribution in [0.1, 0.15) is 58.7 Å². The Hall–Kier alpha value is -3.25. The quantitative estimate of drug-likeness (QED) is 0.375. The van der Waals surface area contributed by atoms with Crippen molar-refractivity contribution in [3.8, 4) is 0 Å². The molecule has 0 N–H and O–H groups in total. The van der Waals surface area contributed by atoms with E-state index in [9.17, 15) is 14.4 Å². The van der Waals surface area contributed by atoms with E-state index in [1.807, 2.05) is 56.0 Å². The van der Waals surface area contributed by atoms with Gasteiger partial charge in [-0.2, -0.15) is 0 Å². The van der Waals surface area contributed by atoms with E-state index in [2.05, 4.69) is 15.9 Å². The van der Waals surface area contributed by atoms with Crippen LogP contribution in [0.3, 0.4) is 0 Å². The van der Waals surface area contributed by atoms with Crippen molar-refractivity contribution in [2.45, 2.75) is 38.8 Å². The largest absolute Gasteiger partial charge is 0.469 e. The molecule has 176 valence electrons. The molecule has 0 amide bonds. The molecule has 3 heterocycles. The summed E-state index contributed by atoms with van der Waals surface area (Å²) in [5.41, 5.74) is 0.357. The van der Waals surface area contributed by atoms with Gasteiger partial charge in [0.25, 0.3) is 0 Å². The highest BCUT2D eigenvalue weighted by Gasteiger charge is 2.72. The highest BCUT2D eigenvalue weighted by molar-refractivity contribution is 9.10. The van der Waals surface area contributed by atoms with E-state index in [4.69, 9.17) is 4.42 Å². The Morgan fingerprint density at radius 1 is 1.00 bits per heavy atom. The van der Waals surface area contributed by atoms with Crippen molar-refractivity contribution in [1.29, 1.82) is 0 Å². The number of fused-ring (bicyclic) bond motifs is 5. The van der Waals surface area contributed by atoms with Crippen LogP contribution >= 0.6 is 15.9 Å². The van der Waals surface area contributed by atoms with Gasteiger partial charge in [0.1, 0.15) is 17.2 Å². The summed E-state index contributed by atoms with van der Waals surface area (Å²) in [6.45, 7) is 5.64. The zero-order chi connectivity index (χ0) is 24.7. The SMILES string of the molecule is CC(C)(C)C(=O)[C@H]1[C@H](c2ccco2)C2(C(=O)c3ccccc3C2=O)[C@@H]2C=Cc3cc(Br)ccc3N21. The highest BCUT2D eigenvalue weighted by atomic mass is 79.9. The van der Waals surface area contributed by atoms with Crippen LogP contribution in [0.5, 0.6) is 0 Å². The molecule has 6 heteroatoms. The Morgan fingerprint density at radius 2 is 1.69 bits per heavy atom. The van der Waals surface area contributed by atoms with Crippen LogP contribution in [0.2, 0.25) is 0 Å². The van der Waals surface area contributed by atoms with Crippen molar-refractivity contribution < 1.29 is 18.8 Å². The summed E-state index contributed by atoms with van der Waals surface area (Å²) in [7, 11) is 0. The highest BCUT2D eigenvalue weighted by Crippen LogP contribution is 2.61. The van der Waals surface area contributed by atoms with E-state index in [-0.39, 0.29) is 17.3 Å². The molecule has 1 saturated heterocycles. The zero-order valence-electron chi connectivity index (χ0n) is 19.6. The molecule has 1 aliphatic carbocycles. The smallest absolute Gasteiger partial charge is 0.180 e. The molecule has 0 bridgehead atoms. The number of Topliss-reactive ketones (excluding diaryl/α,β-unsaturated/α-hetero) is 3. The van der Waals surface area contributed by atoms with Gasteiger partial charge in [0.15, 0.2) is 17.3 Å². The Kier molecular flexibility index (Phi) is 4.68. The molecule has 2 aliphatic heterocycles. The number of halogens is 1. The van der Waals surface area contributed by atoms with Gasteiger partial charge in [-0.1, -0.05) is 73.1 Å². The van der Waals surface area contributed by atoms with Crippen molar-refractivity contribution in [2.75, 3.05) is 4.90 Å². The lowest BCUT2D eigenvalue weighted by Gasteiger charge is -2.38. The molecule has 0 radical (unpaired) electrons. The summed E-state index contributed by atoms with van der Waals surface area (Å²) in [6, 6.07) is 15.0. The molecule has 0 saturated carbocycles. The lowest BCUT2D eigenvalue weighted by Crippen LogP contribution is -2.49. The van der Waals surface area contributed by atoms with E-state index in [0.29, 0.717) is 16.9 Å². The number of hydrogen-bond donors (Lipinski definition) is 0. The molecule has 1 spiro atoms. The van der Waals surface area contributed by atoms with Gasteiger partial charge in [-0.3, -0.25) is 14.4 Å². The average Bonchev–Trinajstić information content (AvgIpc) is 3.51. The van der Waals surface area contributed by atoms with Gasteiger partial charge in [0, 0.05) is 26.7 Å². The van der Waals surface area contributed by atoms with Gasteiger partial charge in [-0.05, 0) is 35.9 Å². The summed E-state index contributed by atoms with van der Waals surface area (Å²) in [4.78, 5) is 44.9. The van der Waals surface area contributed by atoms with E-state index in [1.165, 1.54) is 6.26 Å². The van der Waals surface area contributed by atoms with Crippen LogP contribution < -0.4 is 4.90 Å². The van der Waals surface area contributed by atoms with Gasteiger partial charge < -0.3 is 9.32 Å². The van der Waals surface area contributed by atoms with Gasteiger partial charge >= 0.3 is 0 Å². The first-order valence-corrected chi connectivity index (χ1v) is 12.5. The fourth-order valence-corrected chi connectivity index (χ4v) is 6.55. The predicted octanol–water partition coefficient (Wildman–Crippen LogP) is 6.09. The maximum atomic E-state index is 14.3. The standard InChI is InChI=1S/C29H24BrNO4/c1-28(2,3)27(34)24-23(21-9-6-14-35-21)29(25(32)18-7-4-5-8-19(18)26(29)33)22-13-10-16-15-17(30)11-12-20(16)31(22)24/h4-15,22-24H,1-3H3/t22-,23-,24+/m0/s1. The number of furan rings is 1. The van der Waals surface area contributed by atoms with Crippen LogP contribution in [-0.2, 0) is 4.79 Å². The maximum absolute atomic E-state index is 14.3. The molecule has 3 aromatic rings. The second-order valence-corrected chi connectivity index (χ2v) is 11.5. The third kappa shape index (κ3) is 2.83. The van der Waals surface area contributed by atoms with Crippen LogP contribution in [-0.4, -0.2) is 29.4 Å². The zero-order valence-corrected chi connectivity index (χ0v) is 21.2. The molecular weight excluding hydrogens is 506 g/mol. The Morgan fingerprint density at radius 3 is 2.29 bits per heavy atom. The van der Waals surface area contributed by atoms with Crippen LogP contribution in [0.15, 0.2) is 75.8 Å². The number of carbonyl (C=O) groups excluding carboxylic acids is 3. The average molecular weight is 530 g/mol. The second-order valence-electron chi connectivity index (χ2n) is 10.5. The van der Waals surface area contributed by atoms with Crippen molar-refractivity contribution >= 4 is 45.0 Å². The minimum Gasteiger partial charge on any atom is -0.469 e. The number of ketones is 3. The van der Waals surface area contributed by atoms with E-state index >= 15 is 0 Å². The van der Waals surface area contributed by atoms with Crippen LogP contribution in [0, 0.1) is 10.8 Å². The summed E-state index contributed by atoms with van der Waals surface area (Å²) in [6.07, 6.45) is 5.41. The van der Waals surface area contributed by atoms with Crippen molar-refractivity contribution in [3.63, 3.8) is 0 Å². The van der Waals surface area contributed by atoms with Gasteiger partial charge in [0.2, 0.25) is 0 Å². The van der Waals surface area contributed by atoms with Crippen LogP contribution in [0.25, 0.3) is 6.08 Å². The number of benzene rings is 2. The fraction of sp³-hybridized carbons (Fsp3) is 0.276. The lowest BCUT2D eigenvalue weighted by atomic mass is 9.65. The molecule has 3 atom stereocenters. The molecule has 1 fully saturated rings. The van der Waals surface area contributed by atoms with Crippen molar-refractivity contribution in [1.82, 2.24) is 0 Å². The summed E-state index contributed by atoms with van der Waals surface area (Å²) < 4.78 is 6.80. The van der Waals surface area contributed by atoms with E-state index in [1.54, 1.807) is 36.4 Å². The third-order valence-corrected chi connectivity index (χ3v) is 8.12. The normalized spacial score (nSPS) is 24.0. The topological polar surface area (TPSA) is 67.6 Å². The predicted molar refractivity (Wildman–Crippen MR) is 137 cm³/mol. The summed E-state index contributed by atoms with van der Waals surface area (Å²) in [5, 5.41) is 0. The number of rotatable bonds is 2. The molecule has 5 nitrogen and oxygen atoms in total. The van der Waals surface area contributed by atoms with Gasteiger partial charge in [0.05, 0.1) is 18.2 Å². The molecular formula is C29H24BrNO4. The number of nitrogens with zero attached hydrogens (tertiary/aromatic N) is 1. The minimum atomic E-state index is -1.51. The number of carbonyl (C=O) groups is 3. The molecule has 6 rings (SSSR count). The first kappa shape index (κ1) is 22.2. The van der Waals surface area contributed by atoms with Crippen molar-refractivity contribution in [2.24, 2.45) is 10.8 Å². The number of hydrogen-bond acceptors (Lipinski definition) is 5. The Labute approximate surface area is 211 Å². The van der Waals surface area contributed by atoms with Gasteiger partial charge in [-0.25, -0.2) is 0 Å². The fourth-order valence-electron chi connectivity index (χ4n) is 6.17. The first-order valence-electron chi connectivity index (χ1n) is 11.7. The van der Waals surface area contributed by atoms with E-state index < -0.39 is 28.8 Å².